The SMILES string of the molecule is CCOc1ccc(-c2cnc(N)cn2)cc1. The van der Waals surface area contributed by atoms with Crippen LogP contribution in [0.5, 0.6) is 5.75 Å². The monoisotopic (exact) mass is 215 g/mol. The number of ether oxygens (including phenoxy) is 1. The minimum Gasteiger partial charge on any atom is -0.494 e. The van der Waals surface area contributed by atoms with E-state index in [1.165, 1.54) is 0 Å². The zero-order valence-electron chi connectivity index (χ0n) is 9.05. The largest absolute Gasteiger partial charge is 0.494 e. The zero-order chi connectivity index (χ0) is 11.4. The molecule has 4 heteroatoms. The fourth-order valence-corrected chi connectivity index (χ4v) is 1.38. The number of nitrogen functional groups attached to an aromatic ring is 1. The van der Waals surface area contributed by atoms with Crippen LogP contribution in [0.4, 0.5) is 5.82 Å². The van der Waals surface area contributed by atoms with Crippen LogP contribution in [0, 0.1) is 0 Å². The second kappa shape index (κ2) is 4.61. The number of anilines is 1. The van der Waals surface area contributed by atoms with Crippen molar-refractivity contribution < 1.29 is 4.74 Å². The van der Waals surface area contributed by atoms with E-state index in [-0.39, 0.29) is 0 Å². The first-order chi connectivity index (χ1) is 7.79. The summed E-state index contributed by atoms with van der Waals surface area (Å²) in [5.74, 6) is 1.28. The van der Waals surface area contributed by atoms with Gasteiger partial charge in [0.1, 0.15) is 11.6 Å². The van der Waals surface area contributed by atoms with Gasteiger partial charge in [0.25, 0.3) is 0 Å². The maximum absolute atomic E-state index is 5.47. The lowest BCUT2D eigenvalue weighted by atomic mass is 10.1. The molecule has 0 atom stereocenters. The molecule has 0 saturated carbocycles. The summed E-state index contributed by atoms with van der Waals surface area (Å²) in [6.45, 7) is 2.63. The Hall–Kier alpha value is -2.10. The summed E-state index contributed by atoms with van der Waals surface area (Å²) in [6, 6.07) is 7.73. The van der Waals surface area contributed by atoms with E-state index in [0.29, 0.717) is 12.4 Å². The zero-order valence-corrected chi connectivity index (χ0v) is 9.05. The highest BCUT2D eigenvalue weighted by Gasteiger charge is 2.00. The highest BCUT2D eigenvalue weighted by molar-refractivity contribution is 5.59. The van der Waals surface area contributed by atoms with Gasteiger partial charge in [0.05, 0.1) is 24.7 Å². The molecular formula is C12H13N3O. The lowest BCUT2D eigenvalue weighted by molar-refractivity contribution is 0.340. The molecule has 82 valence electrons. The fourth-order valence-electron chi connectivity index (χ4n) is 1.38. The minimum atomic E-state index is 0.426. The molecule has 1 heterocycles. The molecule has 0 unspecified atom stereocenters. The quantitative estimate of drug-likeness (QED) is 0.851. The summed E-state index contributed by atoms with van der Waals surface area (Å²) in [4.78, 5) is 8.19. The van der Waals surface area contributed by atoms with Crippen LogP contribution in [-0.4, -0.2) is 16.6 Å². The summed E-state index contributed by atoms with van der Waals surface area (Å²) in [6.07, 6.45) is 3.21. The molecule has 0 saturated heterocycles. The van der Waals surface area contributed by atoms with E-state index in [1.807, 2.05) is 31.2 Å². The Balaban J connectivity index is 2.24. The van der Waals surface area contributed by atoms with Gasteiger partial charge < -0.3 is 10.5 Å². The first kappa shape index (κ1) is 10.4. The summed E-state index contributed by atoms with van der Waals surface area (Å²) in [5, 5.41) is 0. The number of hydrogen-bond acceptors (Lipinski definition) is 4. The fraction of sp³-hybridized carbons (Fsp3) is 0.167. The molecule has 0 aliphatic heterocycles. The van der Waals surface area contributed by atoms with Crippen LogP contribution in [0.3, 0.4) is 0 Å². The van der Waals surface area contributed by atoms with Crippen LogP contribution in [0.15, 0.2) is 36.7 Å². The standard InChI is InChI=1S/C12H13N3O/c1-2-16-10-5-3-9(4-6-10)11-7-15-12(13)8-14-11/h3-8H,2H2,1H3,(H2,13,15). The van der Waals surface area contributed by atoms with Gasteiger partial charge in [-0.05, 0) is 31.2 Å². The first-order valence-electron chi connectivity index (χ1n) is 5.10. The Morgan fingerprint density at radius 3 is 2.44 bits per heavy atom. The minimum absolute atomic E-state index is 0.426. The van der Waals surface area contributed by atoms with Crippen LogP contribution >= 0.6 is 0 Å². The third-order valence-corrected chi connectivity index (χ3v) is 2.13. The Bertz CT molecular complexity index is 451. The molecule has 2 rings (SSSR count). The second-order valence-electron chi connectivity index (χ2n) is 3.28. The number of nitrogens with two attached hydrogens (primary N) is 1. The summed E-state index contributed by atoms with van der Waals surface area (Å²) >= 11 is 0. The van der Waals surface area contributed by atoms with Crippen LogP contribution in [0.1, 0.15) is 6.92 Å². The van der Waals surface area contributed by atoms with Crippen LogP contribution in [0.2, 0.25) is 0 Å². The van der Waals surface area contributed by atoms with E-state index in [1.54, 1.807) is 12.4 Å². The average Bonchev–Trinajstić information content (AvgIpc) is 2.32. The Morgan fingerprint density at radius 2 is 1.88 bits per heavy atom. The smallest absolute Gasteiger partial charge is 0.141 e. The lowest BCUT2D eigenvalue weighted by Gasteiger charge is -2.04. The molecule has 1 aromatic heterocycles. The van der Waals surface area contributed by atoms with E-state index in [0.717, 1.165) is 17.0 Å². The highest BCUT2D eigenvalue weighted by atomic mass is 16.5. The average molecular weight is 215 g/mol. The predicted octanol–water partition coefficient (Wildman–Crippen LogP) is 2.12. The molecule has 1 aromatic carbocycles. The van der Waals surface area contributed by atoms with E-state index in [2.05, 4.69) is 9.97 Å². The van der Waals surface area contributed by atoms with Crippen LogP contribution < -0.4 is 10.5 Å². The Morgan fingerprint density at radius 1 is 1.12 bits per heavy atom. The molecule has 2 aromatic rings. The van der Waals surface area contributed by atoms with Gasteiger partial charge in [-0.25, -0.2) is 4.98 Å². The van der Waals surface area contributed by atoms with Crippen molar-refractivity contribution in [1.82, 2.24) is 9.97 Å². The Labute approximate surface area is 94.1 Å². The van der Waals surface area contributed by atoms with E-state index in [4.69, 9.17) is 10.5 Å². The molecule has 2 N–H and O–H groups in total. The van der Waals surface area contributed by atoms with E-state index in [9.17, 15) is 0 Å². The molecule has 0 bridgehead atoms. The molecule has 0 radical (unpaired) electrons. The number of rotatable bonds is 3. The third-order valence-electron chi connectivity index (χ3n) is 2.13. The van der Waals surface area contributed by atoms with Gasteiger partial charge in [0.2, 0.25) is 0 Å². The second-order valence-corrected chi connectivity index (χ2v) is 3.28. The van der Waals surface area contributed by atoms with Gasteiger partial charge in [-0.1, -0.05) is 0 Å². The number of benzene rings is 1. The molecule has 4 nitrogen and oxygen atoms in total. The van der Waals surface area contributed by atoms with Crippen molar-refractivity contribution >= 4 is 5.82 Å². The van der Waals surface area contributed by atoms with Gasteiger partial charge >= 0.3 is 0 Å². The van der Waals surface area contributed by atoms with Crippen molar-refractivity contribution in [3.8, 4) is 17.0 Å². The third kappa shape index (κ3) is 2.28. The number of aromatic nitrogens is 2. The van der Waals surface area contributed by atoms with Crippen LogP contribution in [-0.2, 0) is 0 Å². The first-order valence-corrected chi connectivity index (χ1v) is 5.10. The van der Waals surface area contributed by atoms with Crippen molar-refractivity contribution in [1.29, 1.82) is 0 Å². The molecule has 0 aliphatic rings. The van der Waals surface area contributed by atoms with Crippen molar-refractivity contribution in [3.05, 3.63) is 36.7 Å². The highest BCUT2D eigenvalue weighted by Crippen LogP contribution is 2.20. The maximum atomic E-state index is 5.47. The predicted molar refractivity (Wildman–Crippen MR) is 63.0 cm³/mol. The molecule has 0 amide bonds. The van der Waals surface area contributed by atoms with Gasteiger partial charge in [-0.15, -0.1) is 0 Å². The van der Waals surface area contributed by atoms with E-state index < -0.39 is 0 Å². The molecule has 16 heavy (non-hydrogen) atoms. The number of nitrogens with zero attached hydrogens (tertiary/aromatic N) is 2. The van der Waals surface area contributed by atoms with Gasteiger partial charge in [-0.2, -0.15) is 0 Å². The van der Waals surface area contributed by atoms with Gasteiger partial charge in [0, 0.05) is 5.56 Å². The molecule has 0 aliphatic carbocycles. The molecule has 0 fully saturated rings. The summed E-state index contributed by atoms with van der Waals surface area (Å²) in [5.41, 5.74) is 7.27. The molecular weight excluding hydrogens is 202 g/mol. The van der Waals surface area contributed by atoms with Gasteiger partial charge in [-0.3, -0.25) is 4.98 Å². The van der Waals surface area contributed by atoms with Crippen LogP contribution in [0.25, 0.3) is 11.3 Å². The van der Waals surface area contributed by atoms with E-state index >= 15 is 0 Å². The van der Waals surface area contributed by atoms with Crippen molar-refractivity contribution in [3.63, 3.8) is 0 Å². The van der Waals surface area contributed by atoms with Crippen molar-refractivity contribution in [2.75, 3.05) is 12.3 Å². The topological polar surface area (TPSA) is 61.0 Å². The van der Waals surface area contributed by atoms with Gasteiger partial charge in [0.15, 0.2) is 0 Å². The lowest BCUT2D eigenvalue weighted by Crippen LogP contribution is -1.93. The normalized spacial score (nSPS) is 10.1. The molecule has 0 spiro atoms. The maximum Gasteiger partial charge on any atom is 0.141 e. The summed E-state index contributed by atoms with van der Waals surface area (Å²) < 4.78 is 5.36. The summed E-state index contributed by atoms with van der Waals surface area (Å²) in [7, 11) is 0. The van der Waals surface area contributed by atoms with Crippen molar-refractivity contribution in [2.24, 2.45) is 0 Å². The number of hydrogen-bond donors (Lipinski definition) is 1. The van der Waals surface area contributed by atoms with Crippen molar-refractivity contribution in [2.45, 2.75) is 6.92 Å². The Kier molecular flexibility index (Phi) is 3.00.